The number of benzene rings is 2. The maximum Gasteiger partial charge on any atom is 0.277 e. The van der Waals surface area contributed by atoms with Gasteiger partial charge in [-0.05, 0) is 61.0 Å². The van der Waals surface area contributed by atoms with Crippen LogP contribution < -0.4 is 15.0 Å². The lowest BCUT2D eigenvalue weighted by Crippen LogP contribution is -2.64. The van der Waals surface area contributed by atoms with E-state index in [1.807, 2.05) is 0 Å². The highest BCUT2D eigenvalue weighted by molar-refractivity contribution is 6.12. The molecule has 0 radical (unpaired) electrons. The summed E-state index contributed by atoms with van der Waals surface area (Å²) in [5.74, 6) is -0.0161. The number of amides is 2. The molecule has 1 aliphatic rings. The van der Waals surface area contributed by atoms with Gasteiger partial charge in [0.15, 0.2) is 5.76 Å². The summed E-state index contributed by atoms with van der Waals surface area (Å²) in [6.45, 7) is 1.91. The largest absolute Gasteiger partial charge is 0.497 e. The molecule has 5 rings (SSSR count). The third-order valence-corrected chi connectivity index (χ3v) is 6.09. The summed E-state index contributed by atoms with van der Waals surface area (Å²) in [4.78, 5) is 28.8. The first kappa shape index (κ1) is 22.4. The van der Waals surface area contributed by atoms with Crippen LogP contribution in [0.1, 0.15) is 23.0 Å². The molecule has 0 spiro atoms. The highest BCUT2D eigenvalue weighted by atomic mass is 19.1. The fraction of sp³-hybridized carbons (Fsp3) is 0.192. The van der Waals surface area contributed by atoms with Crippen molar-refractivity contribution in [2.24, 2.45) is 0 Å². The number of nitrogens with zero attached hydrogens (tertiary/aromatic N) is 3. The molecular formula is C26H23FN4O4. The van der Waals surface area contributed by atoms with Gasteiger partial charge in [0.05, 0.1) is 19.9 Å². The molecule has 0 bridgehead atoms. The van der Waals surface area contributed by atoms with Crippen molar-refractivity contribution in [2.75, 3.05) is 12.0 Å². The number of fused-ring (bicyclic) bond motifs is 1. The molecule has 0 unspecified atom stereocenters. The first-order chi connectivity index (χ1) is 16.9. The van der Waals surface area contributed by atoms with Crippen molar-refractivity contribution in [1.29, 1.82) is 0 Å². The van der Waals surface area contributed by atoms with E-state index in [0.717, 1.165) is 0 Å². The van der Waals surface area contributed by atoms with E-state index in [2.05, 4.69) is 10.4 Å². The lowest BCUT2D eigenvalue weighted by molar-refractivity contribution is -0.126. The Bertz CT molecular complexity index is 1380. The molecule has 0 aliphatic carbocycles. The first-order valence-corrected chi connectivity index (χ1v) is 11.0. The normalized spacial score (nSPS) is 17.2. The number of methoxy groups -OCH3 is 1. The Balaban J connectivity index is 1.53. The fourth-order valence-corrected chi connectivity index (χ4v) is 4.28. The van der Waals surface area contributed by atoms with Crippen molar-refractivity contribution >= 4 is 17.5 Å². The molecule has 4 aromatic rings. The van der Waals surface area contributed by atoms with Crippen molar-refractivity contribution in [1.82, 2.24) is 15.1 Å². The zero-order valence-electron chi connectivity index (χ0n) is 19.2. The smallest absolute Gasteiger partial charge is 0.277 e. The van der Waals surface area contributed by atoms with Gasteiger partial charge in [0.1, 0.15) is 28.5 Å². The van der Waals surface area contributed by atoms with Crippen LogP contribution in [0.2, 0.25) is 0 Å². The van der Waals surface area contributed by atoms with Crippen LogP contribution in [0.15, 0.2) is 77.4 Å². The van der Waals surface area contributed by atoms with Crippen molar-refractivity contribution < 1.29 is 23.1 Å². The number of ether oxygens (including phenoxy) is 1. The average Bonchev–Trinajstić information content (AvgIpc) is 3.53. The van der Waals surface area contributed by atoms with Crippen molar-refractivity contribution in [3.8, 4) is 17.2 Å². The topological polar surface area (TPSA) is 89.6 Å². The summed E-state index contributed by atoms with van der Waals surface area (Å²) < 4.78 is 25.8. The SMILES string of the molecule is COc1ccc(N2C(=O)c3cc(-c4ccco4)nn3C[C@@]2(C)C(=O)NCc2cccc(F)c2)cc1. The van der Waals surface area contributed by atoms with E-state index >= 15 is 0 Å². The molecule has 8 nitrogen and oxygen atoms in total. The highest BCUT2D eigenvalue weighted by Crippen LogP contribution is 2.35. The summed E-state index contributed by atoms with van der Waals surface area (Å²) in [6, 6.07) is 18.1. The molecule has 0 fully saturated rings. The quantitative estimate of drug-likeness (QED) is 0.456. The Morgan fingerprint density at radius 2 is 1.97 bits per heavy atom. The number of carbonyl (C=O) groups excluding carboxylic acids is 2. The summed E-state index contributed by atoms with van der Waals surface area (Å²) >= 11 is 0. The third kappa shape index (κ3) is 4.05. The number of aromatic nitrogens is 2. The Hall–Kier alpha value is -4.40. The maximum atomic E-state index is 13.8. The molecule has 1 N–H and O–H groups in total. The molecule has 2 aromatic carbocycles. The number of rotatable bonds is 6. The number of hydrogen-bond donors (Lipinski definition) is 1. The lowest BCUT2D eigenvalue weighted by atomic mass is 9.93. The Kier molecular flexibility index (Phi) is 5.60. The number of furan rings is 1. The van der Waals surface area contributed by atoms with Crippen molar-refractivity contribution in [2.45, 2.75) is 25.6 Å². The Morgan fingerprint density at radius 3 is 2.66 bits per heavy atom. The van der Waals surface area contributed by atoms with E-state index in [0.29, 0.717) is 34.1 Å². The van der Waals surface area contributed by atoms with Crippen LogP contribution in [0, 0.1) is 5.82 Å². The predicted molar refractivity (Wildman–Crippen MR) is 126 cm³/mol. The van der Waals surface area contributed by atoms with Crippen LogP contribution >= 0.6 is 0 Å². The van der Waals surface area contributed by atoms with Gasteiger partial charge in [0.2, 0.25) is 5.91 Å². The summed E-state index contributed by atoms with van der Waals surface area (Å²) in [7, 11) is 1.56. The van der Waals surface area contributed by atoms with Gasteiger partial charge in [-0.3, -0.25) is 19.2 Å². The Morgan fingerprint density at radius 1 is 1.17 bits per heavy atom. The van der Waals surface area contributed by atoms with Crippen LogP contribution in [0.5, 0.6) is 5.75 Å². The molecule has 178 valence electrons. The van der Waals surface area contributed by atoms with E-state index in [1.165, 1.54) is 28.0 Å². The molecule has 0 saturated heterocycles. The minimum atomic E-state index is -1.32. The number of anilines is 1. The van der Waals surface area contributed by atoms with Gasteiger partial charge in [0, 0.05) is 18.3 Å². The third-order valence-electron chi connectivity index (χ3n) is 6.09. The van der Waals surface area contributed by atoms with E-state index in [9.17, 15) is 14.0 Å². The second kappa shape index (κ2) is 8.75. The molecule has 1 atom stereocenters. The number of carbonyl (C=O) groups is 2. The first-order valence-electron chi connectivity index (χ1n) is 11.0. The second-order valence-corrected chi connectivity index (χ2v) is 8.47. The number of halogens is 1. The zero-order valence-corrected chi connectivity index (χ0v) is 19.2. The maximum absolute atomic E-state index is 13.8. The summed E-state index contributed by atoms with van der Waals surface area (Å²) in [5, 5.41) is 7.39. The monoisotopic (exact) mass is 474 g/mol. The minimum Gasteiger partial charge on any atom is -0.497 e. The van der Waals surface area contributed by atoms with Gasteiger partial charge in [-0.1, -0.05) is 12.1 Å². The molecule has 3 heterocycles. The van der Waals surface area contributed by atoms with Gasteiger partial charge in [-0.15, -0.1) is 0 Å². The lowest BCUT2D eigenvalue weighted by Gasteiger charge is -2.43. The summed E-state index contributed by atoms with van der Waals surface area (Å²) in [5.41, 5.74) is 0.657. The van der Waals surface area contributed by atoms with E-state index in [1.54, 1.807) is 68.6 Å². The van der Waals surface area contributed by atoms with Gasteiger partial charge in [-0.2, -0.15) is 5.10 Å². The van der Waals surface area contributed by atoms with Gasteiger partial charge >= 0.3 is 0 Å². The molecule has 1 aliphatic heterocycles. The van der Waals surface area contributed by atoms with Crippen LogP contribution in [0.25, 0.3) is 11.5 Å². The molecule has 2 aromatic heterocycles. The molecule has 35 heavy (non-hydrogen) atoms. The predicted octanol–water partition coefficient (Wildman–Crippen LogP) is 4.03. The van der Waals surface area contributed by atoms with E-state index in [-0.39, 0.29) is 24.8 Å². The van der Waals surface area contributed by atoms with Gasteiger partial charge < -0.3 is 14.5 Å². The minimum absolute atomic E-state index is 0.107. The molecule has 2 amide bonds. The van der Waals surface area contributed by atoms with Crippen LogP contribution in [0.3, 0.4) is 0 Å². The van der Waals surface area contributed by atoms with Crippen LogP contribution in [-0.4, -0.2) is 34.2 Å². The second-order valence-electron chi connectivity index (χ2n) is 8.47. The van der Waals surface area contributed by atoms with E-state index in [4.69, 9.17) is 9.15 Å². The number of hydrogen-bond acceptors (Lipinski definition) is 5. The fourth-order valence-electron chi connectivity index (χ4n) is 4.28. The number of nitrogens with one attached hydrogen (secondary N) is 1. The van der Waals surface area contributed by atoms with Crippen LogP contribution in [0.4, 0.5) is 10.1 Å². The molecular weight excluding hydrogens is 451 g/mol. The standard InChI is InChI=1S/C26H23FN4O4/c1-26(25(33)28-15-17-5-3-6-18(27)13-17)16-30-22(14-21(29-30)23-7-4-12-35-23)24(32)31(26)19-8-10-20(34-2)11-9-19/h3-14H,15-16H2,1-2H3,(H,28,33)/t26-/m0/s1. The highest BCUT2D eigenvalue weighted by Gasteiger charge is 2.49. The Labute approximate surface area is 200 Å². The molecule has 0 saturated carbocycles. The summed E-state index contributed by atoms with van der Waals surface area (Å²) in [6.07, 6.45) is 1.53. The van der Waals surface area contributed by atoms with Gasteiger partial charge in [0.25, 0.3) is 5.91 Å². The van der Waals surface area contributed by atoms with Gasteiger partial charge in [-0.25, -0.2) is 4.39 Å². The zero-order chi connectivity index (χ0) is 24.6. The average molecular weight is 474 g/mol. The molecule has 9 heteroatoms. The van der Waals surface area contributed by atoms with Crippen LogP contribution in [-0.2, 0) is 17.9 Å². The van der Waals surface area contributed by atoms with Crippen molar-refractivity contribution in [3.05, 3.63) is 90.1 Å². The van der Waals surface area contributed by atoms with E-state index < -0.39 is 11.4 Å². The van der Waals surface area contributed by atoms with Crippen molar-refractivity contribution in [3.63, 3.8) is 0 Å².